The van der Waals surface area contributed by atoms with Gasteiger partial charge in [-0.2, -0.15) is 0 Å². The van der Waals surface area contributed by atoms with Gasteiger partial charge in [-0.25, -0.2) is 0 Å². The normalized spacial score (nSPS) is 14.2. The molecule has 0 bridgehead atoms. The Bertz CT molecular complexity index is 840. The van der Waals surface area contributed by atoms with Gasteiger partial charge < -0.3 is 27.9 Å². The van der Waals surface area contributed by atoms with Crippen molar-refractivity contribution >= 4 is 19.8 Å². The van der Waals surface area contributed by atoms with Crippen LogP contribution in [-0.2, 0) is 32.7 Å². The van der Waals surface area contributed by atoms with Gasteiger partial charge in [-0.1, -0.05) is 102 Å². The lowest BCUT2D eigenvalue weighted by Crippen LogP contribution is -2.37. The number of rotatable bonds is 31. The van der Waals surface area contributed by atoms with E-state index in [1.165, 1.54) is 44.9 Å². The number of esters is 2. The van der Waals surface area contributed by atoms with E-state index < -0.39 is 32.5 Å². The lowest BCUT2D eigenvalue weighted by atomic mass is 10.1. The zero-order valence-electron chi connectivity index (χ0n) is 29.3. The Morgan fingerprint density at radius 3 is 1.80 bits per heavy atom. The van der Waals surface area contributed by atoms with Crippen LogP contribution in [0.1, 0.15) is 136 Å². The predicted molar refractivity (Wildman–Crippen MR) is 181 cm³/mol. The molecule has 0 N–H and O–H groups in total. The molecule has 9 nitrogen and oxygen atoms in total. The van der Waals surface area contributed by atoms with Crippen LogP contribution in [0.5, 0.6) is 0 Å². The van der Waals surface area contributed by atoms with Crippen molar-refractivity contribution in [3.8, 4) is 0 Å². The van der Waals surface area contributed by atoms with Crippen molar-refractivity contribution in [3.63, 3.8) is 0 Å². The number of phosphoric ester groups is 1. The quantitative estimate of drug-likeness (QED) is 0.0241. The number of likely N-dealkylation sites (N-methyl/N-ethyl adjacent to an activating group) is 1. The van der Waals surface area contributed by atoms with Crippen LogP contribution in [0.4, 0.5) is 0 Å². The van der Waals surface area contributed by atoms with Crippen LogP contribution in [0.3, 0.4) is 0 Å². The molecule has 0 aliphatic rings. The topological polar surface area (TPSA) is 111 Å². The lowest BCUT2D eigenvalue weighted by Gasteiger charge is -2.28. The van der Waals surface area contributed by atoms with E-state index in [1.807, 2.05) is 21.1 Å². The zero-order valence-corrected chi connectivity index (χ0v) is 30.2. The number of nitrogens with zero attached hydrogens (tertiary/aromatic N) is 1. The molecule has 0 fully saturated rings. The third-order valence-corrected chi connectivity index (χ3v) is 8.19. The third-order valence-electron chi connectivity index (χ3n) is 7.22. The number of phosphoric acid groups is 1. The zero-order chi connectivity index (χ0) is 33.7. The molecular formula is C35H66NO8P. The summed E-state index contributed by atoms with van der Waals surface area (Å²) in [7, 11) is 1.15. The highest BCUT2D eigenvalue weighted by molar-refractivity contribution is 7.45. The van der Waals surface area contributed by atoms with E-state index in [0.717, 1.165) is 57.8 Å². The Morgan fingerprint density at radius 1 is 0.689 bits per heavy atom. The maximum Gasteiger partial charge on any atom is 0.306 e. The number of quaternary nitrogens is 1. The molecule has 45 heavy (non-hydrogen) atoms. The van der Waals surface area contributed by atoms with Crippen molar-refractivity contribution in [1.82, 2.24) is 0 Å². The highest BCUT2D eigenvalue weighted by Gasteiger charge is 2.21. The standard InChI is InChI=1S/C35H66NO8P/c1-6-8-10-12-13-14-15-16-17-18-19-20-21-22-23-24-26-28-35(38)44-33(31-41-34(37)27-25-11-9-7-2)32-43-45(39,40)42-30-29-36(3,4)5/h13-14,16-17,33H,6-12,15,18-32H2,1-5H3/b14-13-,17-16-. The number of carbonyl (C=O) groups is 2. The van der Waals surface area contributed by atoms with E-state index in [0.29, 0.717) is 17.4 Å². The van der Waals surface area contributed by atoms with Gasteiger partial charge in [0.1, 0.15) is 19.8 Å². The number of ether oxygens (including phenoxy) is 2. The molecule has 0 aliphatic heterocycles. The fourth-order valence-electron chi connectivity index (χ4n) is 4.39. The SMILES string of the molecule is CCCCC/C=C\C/C=C\CCCCCCCCCC(=O)OC(COC(=O)CCCCCC)COP(=O)([O-])OCC[N+](C)(C)C. The van der Waals surface area contributed by atoms with Crippen LogP contribution < -0.4 is 4.89 Å². The number of hydrogen-bond donors (Lipinski definition) is 0. The van der Waals surface area contributed by atoms with E-state index in [-0.39, 0.29) is 26.1 Å². The number of carbonyl (C=O) groups excluding carboxylic acids is 2. The van der Waals surface area contributed by atoms with E-state index in [1.54, 1.807) is 0 Å². The number of allylic oxidation sites excluding steroid dienone is 4. The molecule has 0 saturated heterocycles. The second-order valence-electron chi connectivity index (χ2n) is 12.9. The summed E-state index contributed by atoms with van der Waals surface area (Å²) >= 11 is 0. The molecule has 0 aliphatic carbocycles. The summed E-state index contributed by atoms with van der Waals surface area (Å²) in [6, 6.07) is 0. The monoisotopic (exact) mass is 659 g/mol. The fraction of sp³-hybridized carbons (Fsp3) is 0.829. The number of hydrogen-bond acceptors (Lipinski definition) is 8. The van der Waals surface area contributed by atoms with Crippen molar-refractivity contribution in [2.45, 2.75) is 142 Å². The first kappa shape index (κ1) is 43.5. The first-order valence-electron chi connectivity index (χ1n) is 17.5. The van der Waals surface area contributed by atoms with Crippen molar-refractivity contribution < 1.29 is 42.1 Å². The van der Waals surface area contributed by atoms with Crippen LogP contribution in [-0.4, -0.2) is 70.0 Å². The van der Waals surface area contributed by atoms with Crippen molar-refractivity contribution in [2.24, 2.45) is 0 Å². The van der Waals surface area contributed by atoms with Crippen molar-refractivity contribution in [2.75, 3.05) is 47.5 Å². The van der Waals surface area contributed by atoms with E-state index in [4.69, 9.17) is 18.5 Å². The molecule has 0 aromatic rings. The molecule has 0 aromatic heterocycles. The van der Waals surface area contributed by atoms with Crippen LogP contribution in [0.2, 0.25) is 0 Å². The minimum absolute atomic E-state index is 0.0321. The Labute approximate surface area is 275 Å². The predicted octanol–water partition coefficient (Wildman–Crippen LogP) is 8.21. The first-order chi connectivity index (χ1) is 21.5. The van der Waals surface area contributed by atoms with Crippen LogP contribution in [0.25, 0.3) is 0 Å². The second-order valence-corrected chi connectivity index (χ2v) is 14.3. The van der Waals surface area contributed by atoms with Gasteiger partial charge in [-0.3, -0.25) is 14.2 Å². The summed E-state index contributed by atoms with van der Waals surface area (Å²) in [6.07, 6.45) is 26.9. The molecule has 0 amide bonds. The molecule has 0 rings (SSSR count). The van der Waals surface area contributed by atoms with E-state index >= 15 is 0 Å². The summed E-state index contributed by atoms with van der Waals surface area (Å²) in [5, 5.41) is 0. The molecule has 0 radical (unpaired) electrons. The van der Waals surface area contributed by atoms with Gasteiger partial charge in [-0.15, -0.1) is 0 Å². The molecule has 0 saturated carbocycles. The Hall–Kier alpha value is -1.51. The van der Waals surface area contributed by atoms with Crippen LogP contribution in [0, 0.1) is 0 Å². The number of unbranched alkanes of at least 4 members (excludes halogenated alkanes) is 13. The van der Waals surface area contributed by atoms with Gasteiger partial charge in [0, 0.05) is 12.8 Å². The summed E-state index contributed by atoms with van der Waals surface area (Å²) in [5.41, 5.74) is 0. The second kappa shape index (κ2) is 28.7. The summed E-state index contributed by atoms with van der Waals surface area (Å²) in [6.45, 7) is 4.03. The molecule has 0 heterocycles. The van der Waals surface area contributed by atoms with Gasteiger partial charge in [-0.05, 0) is 44.9 Å². The molecule has 0 spiro atoms. The van der Waals surface area contributed by atoms with Crippen molar-refractivity contribution in [3.05, 3.63) is 24.3 Å². The molecule has 2 unspecified atom stereocenters. The van der Waals surface area contributed by atoms with Crippen LogP contribution >= 0.6 is 7.82 Å². The Morgan fingerprint density at radius 2 is 1.20 bits per heavy atom. The lowest BCUT2D eigenvalue weighted by molar-refractivity contribution is -0.870. The molecule has 10 heteroatoms. The maximum absolute atomic E-state index is 12.5. The van der Waals surface area contributed by atoms with Gasteiger partial charge in [0.2, 0.25) is 0 Å². The Balaban J connectivity index is 4.31. The summed E-state index contributed by atoms with van der Waals surface area (Å²) in [5.74, 6) is -0.866. The molecule has 0 aromatic carbocycles. The highest BCUT2D eigenvalue weighted by Crippen LogP contribution is 2.38. The first-order valence-corrected chi connectivity index (χ1v) is 19.0. The van der Waals surface area contributed by atoms with Gasteiger partial charge in [0.25, 0.3) is 7.82 Å². The maximum atomic E-state index is 12.5. The van der Waals surface area contributed by atoms with E-state index in [9.17, 15) is 19.0 Å². The summed E-state index contributed by atoms with van der Waals surface area (Å²) < 4.78 is 33.4. The average Bonchev–Trinajstić information content (AvgIpc) is 2.97. The van der Waals surface area contributed by atoms with Gasteiger partial charge >= 0.3 is 11.9 Å². The smallest absolute Gasteiger partial charge is 0.306 e. The minimum Gasteiger partial charge on any atom is -0.756 e. The largest absolute Gasteiger partial charge is 0.756 e. The van der Waals surface area contributed by atoms with Crippen LogP contribution in [0.15, 0.2) is 24.3 Å². The minimum atomic E-state index is -4.60. The Kier molecular flexibility index (Phi) is 27.7. The van der Waals surface area contributed by atoms with E-state index in [2.05, 4.69) is 38.2 Å². The summed E-state index contributed by atoms with van der Waals surface area (Å²) in [4.78, 5) is 36.8. The molecule has 2 atom stereocenters. The van der Waals surface area contributed by atoms with Gasteiger partial charge in [0.15, 0.2) is 6.10 Å². The van der Waals surface area contributed by atoms with Gasteiger partial charge in [0.05, 0.1) is 27.7 Å². The average molecular weight is 660 g/mol. The van der Waals surface area contributed by atoms with Crippen molar-refractivity contribution in [1.29, 1.82) is 0 Å². The fourth-order valence-corrected chi connectivity index (χ4v) is 5.12. The molecular weight excluding hydrogens is 593 g/mol. The highest BCUT2D eigenvalue weighted by atomic mass is 31.2. The molecule has 264 valence electrons. The third kappa shape index (κ3) is 32.2.